The molecule has 4 heteroatoms. The molecule has 20 heavy (non-hydrogen) atoms. The van der Waals surface area contributed by atoms with Crippen LogP contribution < -0.4 is 5.73 Å². The molecule has 1 unspecified atom stereocenters. The number of aromatic amines is 1. The van der Waals surface area contributed by atoms with Crippen LogP contribution in [0.1, 0.15) is 5.56 Å². The molecule has 1 atom stereocenters. The Labute approximate surface area is 120 Å². The molecule has 3 N–H and O–H groups in total. The lowest BCUT2D eigenvalue weighted by Gasteiger charge is -2.33. The number of benzene rings is 1. The van der Waals surface area contributed by atoms with Crippen molar-refractivity contribution < 1.29 is 0 Å². The van der Waals surface area contributed by atoms with Crippen molar-refractivity contribution in [3.63, 3.8) is 0 Å². The number of nitrogens with zero attached hydrogens (tertiary/aromatic N) is 2. The molecule has 1 saturated heterocycles. The lowest BCUT2D eigenvalue weighted by molar-refractivity contribution is 0.147. The van der Waals surface area contributed by atoms with Crippen LogP contribution in [0.4, 0.5) is 0 Å². The summed E-state index contributed by atoms with van der Waals surface area (Å²) in [6.45, 7) is 5.57. The van der Waals surface area contributed by atoms with Gasteiger partial charge in [-0.3, -0.25) is 4.90 Å². The largest absolute Gasteiger partial charge is 0.361 e. The summed E-state index contributed by atoms with van der Waals surface area (Å²) in [7, 11) is 2.18. The van der Waals surface area contributed by atoms with Crippen LogP contribution in [0.3, 0.4) is 0 Å². The van der Waals surface area contributed by atoms with Crippen molar-refractivity contribution in [2.24, 2.45) is 5.73 Å². The van der Waals surface area contributed by atoms with E-state index in [4.69, 9.17) is 5.73 Å². The highest BCUT2D eigenvalue weighted by molar-refractivity contribution is 5.83. The molecule has 3 rings (SSSR count). The number of hydrogen-bond donors (Lipinski definition) is 2. The Hall–Kier alpha value is -1.36. The van der Waals surface area contributed by atoms with Gasteiger partial charge < -0.3 is 15.6 Å². The van der Waals surface area contributed by atoms with Crippen LogP contribution >= 0.6 is 0 Å². The van der Waals surface area contributed by atoms with Gasteiger partial charge in [0.15, 0.2) is 0 Å². The van der Waals surface area contributed by atoms with Gasteiger partial charge >= 0.3 is 0 Å². The Morgan fingerprint density at radius 3 is 2.75 bits per heavy atom. The van der Waals surface area contributed by atoms with Crippen LogP contribution in [-0.4, -0.2) is 60.6 Å². The van der Waals surface area contributed by atoms with Gasteiger partial charge in [0.1, 0.15) is 0 Å². The highest BCUT2D eigenvalue weighted by atomic mass is 15.2. The number of aromatic nitrogens is 1. The molecular formula is C16H24N4. The lowest BCUT2D eigenvalue weighted by atomic mass is 10.0. The van der Waals surface area contributed by atoms with Gasteiger partial charge in [-0.25, -0.2) is 0 Å². The van der Waals surface area contributed by atoms with Crippen molar-refractivity contribution in [3.8, 4) is 0 Å². The third kappa shape index (κ3) is 3.03. The van der Waals surface area contributed by atoms with Crippen LogP contribution in [0.15, 0.2) is 30.5 Å². The van der Waals surface area contributed by atoms with E-state index in [0.29, 0.717) is 0 Å². The molecule has 2 aromatic rings. The highest BCUT2D eigenvalue weighted by Gasteiger charge is 2.17. The monoisotopic (exact) mass is 272 g/mol. The maximum absolute atomic E-state index is 6.35. The molecule has 2 heterocycles. The van der Waals surface area contributed by atoms with Crippen molar-refractivity contribution in [2.45, 2.75) is 12.5 Å². The summed E-state index contributed by atoms with van der Waals surface area (Å²) in [6.07, 6.45) is 3.05. The molecule has 0 saturated carbocycles. The van der Waals surface area contributed by atoms with Gasteiger partial charge in [0.05, 0.1) is 0 Å². The number of likely N-dealkylation sites (N-methyl/N-ethyl adjacent to an activating group) is 1. The second kappa shape index (κ2) is 5.95. The first-order chi connectivity index (χ1) is 9.72. The van der Waals surface area contributed by atoms with Gasteiger partial charge in [0.2, 0.25) is 0 Å². The Bertz CT molecular complexity index is 554. The second-order valence-electron chi connectivity index (χ2n) is 5.93. The topological polar surface area (TPSA) is 48.3 Å². The van der Waals surface area contributed by atoms with E-state index in [1.807, 2.05) is 0 Å². The average Bonchev–Trinajstić information content (AvgIpc) is 2.85. The first-order valence-electron chi connectivity index (χ1n) is 7.44. The van der Waals surface area contributed by atoms with Crippen molar-refractivity contribution in [2.75, 3.05) is 39.8 Å². The Morgan fingerprint density at radius 2 is 1.95 bits per heavy atom. The maximum atomic E-state index is 6.35. The number of fused-ring (bicyclic) bond motifs is 1. The smallest absolute Gasteiger partial charge is 0.0456 e. The Kier molecular flexibility index (Phi) is 4.05. The van der Waals surface area contributed by atoms with E-state index in [2.05, 4.69) is 52.3 Å². The summed E-state index contributed by atoms with van der Waals surface area (Å²) in [5.41, 5.74) is 8.89. The summed E-state index contributed by atoms with van der Waals surface area (Å²) >= 11 is 0. The molecule has 0 bridgehead atoms. The predicted octanol–water partition coefficient (Wildman–Crippen LogP) is 1.29. The highest BCUT2D eigenvalue weighted by Crippen LogP contribution is 2.19. The summed E-state index contributed by atoms with van der Waals surface area (Å²) in [5, 5.41) is 1.31. The molecule has 0 radical (unpaired) electrons. The molecule has 0 amide bonds. The quantitative estimate of drug-likeness (QED) is 0.881. The van der Waals surface area contributed by atoms with Crippen molar-refractivity contribution in [1.82, 2.24) is 14.8 Å². The number of piperazine rings is 1. The fourth-order valence-corrected chi connectivity index (χ4v) is 3.01. The molecular weight excluding hydrogens is 248 g/mol. The van der Waals surface area contributed by atoms with Crippen LogP contribution in [0.5, 0.6) is 0 Å². The number of hydrogen-bond acceptors (Lipinski definition) is 3. The van der Waals surface area contributed by atoms with Crippen molar-refractivity contribution in [1.29, 1.82) is 0 Å². The zero-order chi connectivity index (χ0) is 13.9. The standard InChI is InChI=1S/C16H24N4/c1-19-6-8-20(9-7-19)12-14(17)10-13-11-18-16-5-3-2-4-15(13)16/h2-5,11,14,18H,6-10,12,17H2,1H3. The molecule has 1 aliphatic heterocycles. The lowest BCUT2D eigenvalue weighted by Crippen LogP contribution is -2.49. The number of nitrogens with one attached hydrogen (secondary N) is 1. The van der Waals surface area contributed by atoms with E-state index < -0.39 is 0 Å². The third-order valence-electron chi connectivity index (χ3n) is 4.25. The Morgan fingerprint density at radius 1 is 1.20 bits per heavy atom. The average molecular weight is 272 g/mol. The fraction of sp³-hybridized carbons (Fsp3) is 0.500. The van der Waals surface area contributed by atoms with Gasteiger partial charge in [0, 0.05) is 55.9 Å². The number of H-pyrrole nitrogens is 1. The zero-order valence-electron chi connectivity index (χ0n) is 12.2. The normalized spacial score (nSPS) is 19.5. The molecule has 1 aromatic heterocycles. The molecule has 0 aliphatic carbocycles. The first kappa shape index (κ1) is 13.6. The van der Waals surface area contributed by atoms with E-state index in [-0.39, 0.29) is 6.04 Å². The van der Waals surface area contributed by atoms with E-state index in [9.17, 15) is 0 Å². The SMILES string of the molecule is CN1CCN(CC(N)Cc2c[nH]c3ccccc23)CC1. The molecule has 1 fully saturated rings. The van der Waals surface area contributed by atoms with Gasteiger partial charge in [-0.05, 0) is 25.1 Å². The summed E-state index contributed by atoms with van der Waals surface area (Å²) in [4.78, 5) is 8.19. The summed E-state index contributed by atoms with van der Waals surface area (Å²) in [5.74, 6) is 0. The Balaban J connectivity index is 1.60. The number of nitrogens with two attached hydrogens (primary N) is 1. The molecule has 1 aliphatic rings. The maximum Gasteiger partial charge on any atom is 0.0456 e. The van der Waals surface area contributed by atoms with E-state index in [1.54, 1.807) is 0 Å². The molecule has 0 spiro atoms. The van der Waals surface area contributed by atoms with Gasteiger partial charge in [-0.1, -0.05) is 18.2 Å². The second-order valence-corrected chi connectivity index (χ2v) is 5.93. The van der Waals surface area contributed by atoms with Gasteiger partial charge in [-0.2, -0.15) is 0 Å². The van der Waals surface area contributed by atoms with Crippen LogP contribution in [0.25, 0.3) is 10.9 Å². The third-order valence-corrected chi connectivity index (χ3v) is 4.25. The summed E-state index contributed by atoms with van der Waals surface area (Å²) < 4.78 is 0. The van der Waals surface area contributed by atoms with Gasteiger partial charge in [0.25, 0.3) is 0 Å². The van der Waals surface area contributed by atoms with Crippen LogP contribution in [0.2, 0.25) is 0 Å². The molecule has 108 valence electrons. The molecule has 4 nitrogen and oxygen atoms in total. The molecule has 1 aromatic carbocycles. The van der Waals surface area contributed by atoms with E-state index in [0.717, 1.165) is 39.1 Å². The van der Waals surface area contributed by atoms with Crippen LogP contribution in [0, 0.1) is 0 Å². The first-order valence-corrected chi connectivity index (χ1v) is 7.44. The van der Waals surface area contributed by atoms with Crippen molar-refractivity contribution >= 4 is 10.9 Å². The fourth-order valence-electron chi connectivity index (χ4n) is 3.01. The number of para-hydroxylation sites is 1. The summed E-state index contributed by atoms with van der Waals surface area (Å²) in [6, 6.07) is 8.64. The zero-order valence-corrected chi connectivity index (χ0v) is 12.2. The van der Waals surface area contributed by atoms with E-state index in [1.165, 1.54) is 16.5 Å². The predicted molar refractivity (Wildman–Crippen MR) is 83.9 cm³/mol. The number of rotatable bonds is 4. The van der Waals surface area contributed by atoms with Crippen LogP contribution in [-0.2, 0) is 6.42 Å². The minimum atomic E-state index is 0.206. The van der Waals surface area contributed by atoms with E-state index >= 15 is 0 Å². The van der Waals surface area contributed by atoms with Crippen molar-refractivity contribution in [3.05, 3.63) is 36.0 Å². The van der Waals surface area contributed by atoms with Gasteiger partial charge in [-0.15, -0.1) is 0 Å². The minimum Gasteiger partial charge on any atom is -0.361 e. The minimum absolute atomic E-state index is 0.206.